The number of rotatable bonds is 5. The summed E-state index contributed by atoms with van der Waals surface area (Å²) in [6, 6.07) is 0. The van der Waals surface area contributed by atoms with Gasteiger partial charge in [-0.15, -0.1) is 0 Å². The summed E-state index contributed by atoms with van der Waals surface area (Å²) in [7, 11) is 0. The number of carbonyl (C=O) groups excluding carboxylic acids is 1. The van der Waals surface area contributed by atoms with Crippen molar-refractivity contribution in [3.05, 3.63) is 10.4 Å². The average molecular weight is 171 g/mol. The SMILES string of the molecule is [N-]=[N+]=NC(=O)CCCCC(=O)O. The lowest BCUT2D eigenvalue weighted by Gasteiger charge is -1.92. The first-order valence-corrected chi connectivity index (χ1v) is 3.46. The van der Waals surface area contributed by atoms with Gasteiger partial charge in [0.1, 0.15) is 0 Å². The first-order chi connectivity index (χ1) is 5.66. The van der Waals surface area contributed by atoms with E-state index in [0.29, 0.717) is 12.8 Å². The van der Waals surface area contributed by atoms with Crippen LogP contribution < -0.4 is 0 Å². The molecule has 0 rings (SSSR count). The standard InChI is InChI=1S/C6H9N3O3/c7-9-8-5(10)3-1-2-4-6(11)12/h1-4H2,(H,11,12). The zero-order valence-electron chi connectivity index (χ0n) is 6.43. The van der Waals surface area contributed by atoms with Crippen LogP contribution in [0.4, 0.5) is 0 Å². The van der Waals surface area contributed by atoms with Crippen molar-refractivity contribution in [2.24, 2.45) is 5.11 Å². The largest absolute Gasteiger partial charge is 0.481 e. The van der Waals surface area contributed by atoms with E-state index in [1.807, 2.05) is 0 Å². The molecule has 0 aromatic rings. The van der Waals surface area contributed by atoms with E-state index in [1.54, 1.807) is 0 Å². The Morgan fingerprint density at radius 2 is 1.92 bits per heavy atom. The third-order valence-corrected chi connectivity index (χ3v) is 1.19. The molecule has 12 heavy (non-hydrogen) atoms. The van der Waals surface area contributed by atoms with Crippen molar-refractivity contribution < 1.29 is 14.7 Å². The van der Waals surface area contributed by atoms with Gasteiger partial charge in [-0.1, -0.05) is 0 Å². The normalized spacial score (nSPS) is 8.67. The summed E-state index contributed by atoms with van der Waals surface area (Å²) in [6.07, 6.45) is 1.05. The predicted octanol–water partition coefficient (Wildman–Crippen LogP) is 1.47. The number of carboxylic acid groups (broad SMARTS) is 1. The monoisotopic (exact) mass is 171 g/mol. The molecule has 0 aliphatic carbocycles. The molecule has 0 spiro atoms. The maximum absolute atomic E-state index is 10.5. The first-order valence-electron chi connectivity index (χ1n) is 3.46. The molecule has 0 saturated heterocycles. The van der Waals surface area contributed by atoms with Crippen molar-refractivity contribution in [1.29, 1.82) is 0 Å². The molecule has 0 radical (unpaired) electrons. The van der Waals surface area contributed by atoms with E-state index in [4.69, 9.17) is 10.6 Å². The number of hydrogen-bond acceptors (Lipinski definition) is 2. The van der Waals surface area contributed by atoms with E-state index in [9.17, 15) is 9.59 Å². The summed E-state index contributed by atoms with van der Waals surface area (Å²) in [5, 5.41) is 11.1. The van der Waals surface area contributed by atoms with Gasteiger partial charge in [0.25, 0.3) is 0 Å². The summed E-state index contributed by atoms with van der Waals surface area (Å²) in [6.45, 7) is 0. The summed E-state index contributed by atoms with van der Waals surface area (Å²) < 4.78 is 0. The van der Waals surface area contributed by atoms with Crippen LogP contribution in [0.1, 0.15) is 25.7 Å². The molecule has 0 heterocycles. The molecule has 0 atom stereocenters. The molecule has 0 aromatic carbocycles. The van der Waals surface area contributed by atoms with Crippen LogP contribution in [0.15, 0.2) is 5.11 Å². The predicted molar refractivity (Wildman–Crippen MR) is 40.3 cm³/mol. The van der Waals surface area contributed by atoms with Crippen molar-refractivity contribution in [2.75, 3.05) is 0 Å². The fourth-order valence-electron chi connectivity index (χ4n) is 0.652. The second-order valence-corrected chi connectivity index (χ2v) is 2.18. The average Bonchev–Trinajstić information content (AvgIpc) is 1.98. The zero-order chi connectivity index (χ0) is 9.40. The van der Waals surface area contributed by atoms with Crippen LogP contribution in [0.3, 0.4) is 0 Å². The quantitative estimate of drug-likeness (QED) is 0.293. The van der Waals surface area contributed by atoms with Gasteiger partial charge in [0.2, 0.25) is 5.91 Å². The molecule has 0 saturated carbocycles. The Morgan fingerprint density at radius 1 is 1.33 bits per heavy atom. The van der Waals surface area contributed by atoms with E-state index in [2.05, 4.69) is 10.0 Å². The smallest absolute Gasteiger partial charge is 0.303 e. The highest BCUT2D eigenvalue weighted by Crippen LogP contribution is 2.00. The third kappa shape index (κ3) is 6.57. The van der Waals surface area contributed by atoms with E-state index < -0.39 is 11.9 Å². The Kier molecular flexibility index (Phi) is 5.38. The lowest BCUT2D eigenvalue weighted by molar-refractivity contribution is -0.137. The molecule has 1 N–H and O–H groups in total. The van der Waals surface area contributed by atoms with Crippen LogP contribution >= 0.6 is 0 Å². The van der Waals surface area contributed by atoms with Gasteiger partial charge in [-0.25, -0.2) is 0 Å². The van der Waals surface area contributed by atoms with Gasteiger partial charge in [0.05, 0.1) is 0 Å². The Balaban J connectivity index is 3.37. The Bertz CT molecular complexity index is 220. The molecule has 0 fully saturated rings. The molecular weight excluding hydrogens is 162 g/mol. The number of azide groups is 1. The van der Waals surface area contributed by atoms with Crippen molar-refractivity contribution in [1.82, 2.24) is 0 Å². The molecule has 0 aliphatic heterocycles. The van der Waals surface area contributed by atoms with Gasteiger partial charge in [0.15, 0.2) is 0 Å². The van der Waals surface area contributed by atoms with Crippen LogP contribution in [0.25, 0.3) is 10.4 Å². The third-order valence-electron chi connectivity index (χ3n) is 1.19. The fourth-order valence-corrected chi connectivity index (χ4v) is 0.652. The maximum Gasteiger partial charge on any atom is 0.303 e. The number of aliphatic carboxylic acids is 1. The lowest BCUT2D eigenvalue weighted by atomic mass is 10.2. The van der Waals surface area contributed by atoms with Gasteiger partial charge >= 0.3 is 5.97 Å². The molecule has 0 aromatic heterocycles. The number of hydrogen-bond donors (Lipinski definition) is 1. The van der Waals surface area contributed by atoms with Crippen LogP contribution in [0, 0.1) is 0 Å². The van der Waals surface area contributed by atoms with E-state index >= 15 is 0 Å². The second-order valence-electron chi connectivity index (χ2n) is 2.18. The molecule has 66 valence electrons. The maximum atomic E-state index is 10.5. The van der Waals surface area contributed by atoms with Gasteiger partial charge in [-0.2, -0.15) is 0 Å². The summed E-state index contributed by atoms with van der Waals surface area (Å²) in [5.41, 5.74) is 7.82. The van der Waals surface area contributed by atoms with Crippen LogP contribution in [0.2, 0.25) is 0 Å². The highest BCUT2D eigenvalue weighted by Gasteiger charge is 1.99. The zero-order valence-corrected chi connectivity index (χ0v) is 6.43. The molecule has 0 unspecified atom stereocenters. The minimum Gasteiger partial charge on any atom is -0.481 e. The van der Waals surface area contributed by atoms with E-state index in [0.717, 1.165) is 0 Å². The molecule has 6 heteroatoms. The van der Waals surface area contributed by atoms with Gasteiger partial charge < -0.3 is 5.11 Å². The van der Waals surface area contributed by atoms with Crippen LogP contribution in [-0.2, 0) is 9.59 Å². The topological polar surface area (TPSA) is 103 Å². The van der Waals surface area contributed by atoms with Crippen LogP contribution in [-0.4, -0.2) is 17.0 Å². The number of unbranched alkanes of at least 4 members (excludes halogenated alkanes) is 1. The van der Waals surface area contributed by atoms with E-state index in [-0.39, 0.29) is 12.8 Å². The number of carboxylic acids is 1. The molecule has 6 nitrogen and oxygen atoms in total. The van der Waals surface area contributed by atoms with Crippen LogP contribution in [0.5, 0.6) is 0 Å². The highest BCUT2D eigenvalue weighted by atomic mass is 16.4. The minimum absolute atomic E-state index is 0.0452. The highest BCUT2D eigenvalue weighted by molar-refractivity contribution is 5.76. The second kappa shape index (κ2) is 6.18. The number of amides is 1. The van der Waals surface area contributed by atoms with Gasteiger partial charge in [0, 0.05) is 17.8 Å². The number of carbonyl (C=O) groups is 2. The lowest BCUT2D eigenvalue weighted by Crippen LogP contribution is -1.96. The Labute approximate surface area is 68.8 Å². The first kappa shape index (κ1) is 10.4. The Morgan fingerprint density at radius 3 is 2.42 bits per heavy atom. The summed E-state index contributed by atoms with van der Waals surface area (Å²) in [4.78, 5) is 22.8. The molecule has 1 amide bonds. The van der Waals surface area contributed by atoms with E-state index in [1.165, 1.54) is 0 Å². The summed E-state index contributed by atoms with van der Waals surface area (Å²) >= 11 is 0. The summed E-state index contributed by atoms with van der Waals surface area (Å²) in [5.74, 6) is -1.42. The molecular formula is C6H9N3O3. The number of nitrogens with zero attached hydrogens (tertiary/aromatic N) is 3. The van der Waals surface area contributed by atoms with Crippen molar-refractivity contribution >= 4 is 11.9 Å². The van der Waals surface area contributed by atoms with Crippen molar-refractivity contribution in [2.45, 2.75) is 25.7 Å². The van der Waals surface area contributed by atoms with Crippen molar-refractivity contribution in [3.8, 4) is 0 Å². The van der Waals surface area contributed by atoms with Gasteiger partial charge in [-0.05, 0) is 23.5 Å². The molecule has 0 bridgehead atoms. The minimum atomic E-state index is -0.883. The van der Waals surface area contributed by atoms with Gasteiger partial charge in [-0.3, -0.25) is 9.59 Å². The van der Waals surface area contributed by atoms with Crippen molar-refractivity contribution in [3.63, 3.8) is 0 Å². The molecule has 0 aliphatic rings. The fraction of sp³-hybridized carbons (Fsp3) is 0.667. The Hall–Kier alpha value is -1.55.